The second-order valence-corrected chi connectivity index (χ2v) is 6.19. The van der Waals surface area contributed by atoms with Crippen LogP contribution in [0, 0.1) is 0 Å². The monoisotopic (exact) mass is 311 g/mol. The first kappa shape index (κ1) is 17.7. The Morgan fingerprint density at radius 2 is 1.52 bits per heavy atom. The molecule has 2 nitrogen and oxygen atoms in total. The molecule has 0 amide bonds. The van der Waals surface area contributed by atoms with Crippen molar-refractivity contribution in [3.63, 3.8) is 0 Å². The Morgan fingerprint density at radius 1 is 0.913 bits per heavy atom. The number of hydrogen-bond acceptors (Lipinski definition) is 2. The van der Waals surface area contributed by atoms with Crippen molar-refractivity contribution in [2.45, 2.75) is 57.7 Å². The lowest BCUT2D eigenvalue weighted by atomic mass is 9.95. The van der Waals surface area contributed by atoms with Crippen LogP contribution in [0.4, 0.5) is 0 Å². The van der Waals surface area contributed by atoms with Crippen LogP contribution < -0.4 is 5.32 Å². The number of aliphatic hydroxyl groups excluding tert-OH is 1. The van der Waals surface area contributed by atoms with E-state index in [0.717, 1.165) is 25.7 Å². The van der Waals surface area contributed by atoms with Gasteiger partial charge in [0.05, 0.1) is 6.10 Å². The summed E-state index contributed by atoms with van der Waals surface area (Å²) in [6, 6.07) is 21.4. The summed E-state index contributed by atoms with van der Waals surface area (Å²) in [6.07, 6.45) is 3.43. The highest BCUT2D eigenvalue weighted by molar-refractivity contribution is 5.24. The number of aliphatic hydroxyl groups is 1. The van der Waals surface area contributed by atoms with Crippen molar-refractivity contribution in [2.75, 3.05) is 0 Å². The van der Waals surface area contributed by atoms with E-state index in [-0.39, 0.29) is 18.2 Å². The molecule has 0 saturated heterocycles. The van der Waals surface area contributed by atoms with Crippen LogP contribution >= 0.6 is 0 Å². The standard InChI is InChI=1S/C21H29NO/c1-3-11-21(23)19(4-2)22-20(18-14-9-6-10-15-18)16-17-12-7-5-8-13-17/h5-10,12-15,19-23H,3-4,11,16H2,1-2H3/t19-,20+,21-/m1/s1. The summed E-state index contributed by atoms with van der Waals surface area (Å²) in [5.41, 5.74) is 2.59. The molecule has 0 heterocycles. The van der Waals surface area contributed by atoms with Crippen molar-refractivity contribution in [1.29, 1.82) is 0 Å². The van der Waals surface area contributed by atoms with E-state index < -0.39 is 0 Å². The van der Waals surface area contributed by atoms with Crippen LogP contribution in [0.15, 0.2) is 60.7 Å². The van der Waals surface area contributed by atoms with Gasteiger partial charge in [-0.15, -0.1) is 0 Å². The van der Waals surface area contributed by atoms with Crippen LogP contribution in [0.1, 0.15) is 50.3 Å². The van der Waals surface area contributed by atoms with Crippen molar-refractivity contribution in [2.24, 2.45) is 0 Å². The molecule has 2 heteroatoms. The lowest BCUT2D eigenvalue weighted by Gasteiger charge is -2.29. The Hall–Kier alpha value is -1.64. The van der Waals surface area contributed by atoms with Crippen LogP contribution in [-0.2, 0) is 6.42 Å². The predicted molar refractivity (Wildman–Crippen MR) is 97.5 cm³/mol. The number of hydrogen-bond donors (Lipinski definition) is 2. The van der Waals surface area contributed by atoms with Gasteiger partial charge in [0.25, 0.3) is 0 Å². The highest BCUT2D eigenvalue weighted by atomic mass is 16.3. The molecule has 0 aromatic heterocycles. The molecule has 2 rings (SSSR count). The SMILES string of the molecule is CCC[C@@H](O)[C@@H](CC)N[C@@H](Cc1ccccc1)c1ccccc1. The van der Waals surface area contributed by atoms with Crippen molar-refractivity contribution < 1.29 is 5.11 Å². The first-order valence-electron chi connectivity index (χ1n) is 8.77. The molecule has 2 N–H and O–H groups in total. The lowest BCUT2D eigenvalue weighted by molar-refractivity contribution is 0.108. The third-order valence-electron chi connectivity index (χ3n) is 4.39. The molecule has 2 aromatic rings. The molecule has 0 aliphatic heterocycles. The van der Waals surface area contributed by atoms with Gasteiger partial charge >= 0.3 is 0 Å². The second kappa shape index (κ2) is 9.49. The molecular formula is C21H29NO. The Balaban J connectivity index is 2.16. The maximum Gasteiger partial charge on any atom is 0.0693 e. The van der Waals surface area contributed by atoms with E-state index in [1.807, 2.05) is 12.1 Å². The van der Waals surface area contributed by atoms with E-state index in [1.54, 1.807) is 0 Å². The second-order valence-electron chi connectivity index (χ2n) is 6.19. The fourth-order valence-corrected chi connectivity index (χ4v) is 3.06. The van der Waals surface area contributed by atoms with Gasteiger partial charge in [-0.25, -0.2) is 0 Å². The van der Waals surface area contributed by atoms with Crippen molar-refractivity contribution in [3.05, 3.63) is 71.8 Å². The zero-order chi connectivity index (χ0) is 16.5. The zero-order valence-corrected chi connectivity index (χ0v) is 14.3. The van der Waals surface area contributed by atoms with Crippen LogP contribution in [0.5, 0.6) is 0 Å². The number of benzene rings is 2. The van der Waals surface area contributed by atoms with Crippen molar-refractivity contribution >= 4 is 0 Å². The fraction of sp³-hybridized carbons (Fsp3) is 0.429. The summed E-state index contributed by atoms with van der Waals surface area (Å²) < 4.78 is 0. The van der Waals surface area contributed by atoms with Gasteiger partial charge in [-0.2, -0.15) is 0 Å². The lowest BCUT2D eigenvalue weighted by Crippen LogP contribution is -2.42. The summed E-state index contributed by atoms with van der Waals surface area (Å²) in [6.45, 7) is 4.26. The average molecular weight is 311 g/mol. The fourth-order valence-electron chi connectivity index (χ4n) is 3.06. The Kier molecular flexibility index (Phi) is 7.31. The third kappa shape index (κ3) is 5.49. The molecule has 23 heavy (non-hydrogen) atoms. The largest absolute Gasteiger partial charge is 0.392 e. The highest BCUT2D eigenvalue weighted by Gasteiger charge is 2.21. The van der Waals surface area contributed by atoms with Gasteiger partial charge in [-0.05, 0) is 30.4 Å². The Morgan fingerprint density at radius 3 is 2.09 bits per heavy atom. The van der Waals surface area contributed by atoms with Crippen LogP contribution in [-0.4, -0.2) is 17.3 Å². The van der Waals surface area contributed by atoms with Gasteiger partial charge in [0.15, 0.2) is 0 Å². The first-order chi connectivity index (χ1) is 11.2. The van der Waals surface area contributed by atoms with Gasteiger partial charge in [0.1, 0.15) is 0 Å². The van der Waals surface area contributed by atoms with Gasteiger partial charge in [-0.3, -0.25) is 0 Å². The van der Waals surface area contributed by atoms with Crippen LogP contribution in [0.25, 0.3) is 0 Å². The van der Waals surface area contributed by atoms with Crippen LogP contribution in [0.2, 0.25) is 0 Å². The van der Waals surface area contributed by atoms with E-state index in [1.165, 1.54) is 11.1 Å². The molecular weight excluding hydrogens is 282 g/mol. The molecule has 3 atom stereocenters. The summed E-state index contributed by atoms with van der Waals surface area (Å²) >= 11 is 0. The Bertz CT molecular complexity index is 540. The van der Waals surface area contributed by atoms with Crippen molar-refractivity contribution in [3.8, 4) is 0 Å². The van der Waals surface area contributed by atoms with Gasteiger partial charge in [0.2, 0.25) is 0 Å². The number of rotatable bonds is 9. The quantitative estimate of drug-likeness (QED) is 0.714. The van der Waals surface area contributed by atoms with E-state index in [2.05, 4.69) is 67.7 Å². The van der Waals surface area contributed by atoms with E-state index in [9.17, 15) is 5.11 Å². The van der Waals surface area contributed by atoms with E-state index in [0.29, 0.717) is 0 Å². The summed E-state index contributed by atoms with van der Waals surface area (Å²) in [4.78, 5) is 0. The molecule has 0 saturated carbocycles. The first-order valence-corrected chi connectivity index (χ1v) is 8.77. The normalized spacial score (nSPS) is 15.1. The highest BCUT2D eigenvalue weighted by Crippen LogP contribution is 2.21. The molecule has 0 spiro atoms. The topological polar surface area (TPSA) is 32.3 Å². The van der Waals surface area contributed by atoms with Crippen molar-refractivity contribution in [1.82, 2.24) is 5.32 Å². The Labute approximate surface area is 140 Å². The van der Waals surface area contributed by atoms with Gasteiger partial charge < -0.3 is 10.4 Å². The minimum atomic E-state index is -0.285. The zero-order valence-electron chi connectivity index (χ0n) is 14.3. The smallest absolute Gasteiger partial charge is 0.0693 e. The van der Waals surface area contributed by atoms with E-state index in [4.69, 9.17) is 0 Å². The molecule has 0 fully saturated rings. The molecule has 0 aliphatic rings. The molecule has 0 bridgehead atoms. The maximum absolute atomic E-state index is 10.4. The maximum atomic E-state index is 10.4. The summed E-state index contributed by atoms with van der Waals surface area (Å²) in [7, 11) is 0. The van der Waals surface area contributed by atoms with Gasteiger partial charge in [-0.1, -0.05) is 80.9 Å². The molecule has 2 aromatic carbocycles. The average Bonchev–Trinajstić information content (AvgIpc) is 2.60. The molecule has 0 radical (unpaired) electrons. The molecule has 0 unspecified atom stereocenters. The van der Waals surface area contributed by atoms with Crippen LogP contribution in [0.3, 0.4) is 0 Å². The minimum Gasteiger partial charge on any atom is -0.392 e. The summed E-state index contributed by atoms with van der Waals surface area (Å²) in [5, 5.41) is 14.1. The van der Waals surface area contributed by atoms with E-state index >= 15 is 0 Å². The molecule has 0 aliphatic carbocycles. The minimum absolute atomic E-state index is 0.129. The summed E-state index contributed by atoms with van der Waals surface area (Å²) in [5.74, 6) is 0. The number of nitrogens with one attached hydrogen (secondary N) is 1. The third-order valence-corrected chi connectivity index (χ3v) is 4.39. The molecule has 124 valence electrons. The predicted octanol–water partition coefficient (Wildman–Crippen LogP) is 4.50. The van der Waals surface area contributed by atoms with Gasteiger partial charge in [0, 0.05) is 12.1 Å².